The molecular weight excluding hydrogens is 412 g/mol. The molecule has 0 bridgehead atoms. The number of amides is 1. The molecule has 8 heteroatoms. The first-order chi connectivity index (χ1) is 15.2. The van der Waals surface area contributed by atoms with E-state index in [2.05, 4.69) is 20.1 Å². The van der Waals surface area contributed by atoms with Crippen molar-refractivity contribution in [3.63, 3.8) is 0 Å². The number of carbonyl (C=O) groups is 1. The molecule has 1 aliphatic rings. The van der Waals surface area contributed by atoms with Gasteiger partial charge in [-0.2, -0.15) is 0 Å². The van der Waals surface area contributed by atoms with Crippen LogP contribution in [0.25, 0.3) is 11.6 Å². The lowest BCUT2D eigenvalue weighted by molar-refractivity contribution is -0.120. The third-order valence-electron chi connectivity index (χ3n) is 5.62. The fraction of sp³-hybridized carbons (Fsp3) is 0.435. The van der Waals surface area contributed by atoms with Crippen molar-refractivity contribution in [2.75, 3.05) is 7.11 Å². The molecule has 1 aromatic carbocycles. The van der Waals surface area contributed by atoms with Gasteiger partial charge in [0.1, 0.15) is 5.75 Å². The molecule has 4 rings (SSSR count). The molecule has 0 saturated heterocycles. The largest absolute Gasteiger partial charge is 0.497 e. The molecule has 1 aliphatic carbocycles. The number of furan rings is 1. The van der Waals surface area contributed by atoms with E-state index >= 15 is 0 Å². The summed E-state index contributed by atoms with van der Waals surface area (Å²) < 4.78 is 13.0. The molecule has 31 heavy (non-hydrogen) atoms. The second kappa shape index (κ2) is 10.0. The number of ether oxygens (including phenoxy) is 1. The molecule has 0 radical (unpaired) electrons. The van der Waals surface area contributed by atoms with Gasteiger partial charge < -0.3 is 14.5 Å². The highest BCUT2D eigenvalue weighted by Crippen LogP contribution is 2.36. The number of aromatic nitrogens is 3. The molecule has 1 atom stereocenters. The Bertz CT molecular complexity index is 979. The van der Waals surface area contributed by atoms with Gasteiger partial charge in [0.25, 0.3) is 0 Å². The fourth-order valence-electron chi connectivity index (χ4n) is 3.89. The predicted molar refractivity (Wildman–Crippen MR) is 120 cm³/mol. The van der Waals surface area contributed by atoms with E-state index in [-0.39, 0.29) is 11.2 Å². The summed E-state index contributed by atoms with van der Waals surface area (Å²) in [5, 5.41) is 12.3. The number of thioether (sulfide) groups is 1. The monoisotopic (exact) mass is 440 g/mol. The molecule has 1 N–H and O–H groups in total. The summed E-state index contributed by atoms with van der Waals surface area (Å²) in [6.07, 6.45) is 7.50. The molecule has 0 spiro atoms. The average Bonchev–Trinajstić information content (AvgIpc) is 3.48. The van der Waals surface area contributed by atoms with Crippen LogP contribution in [-0.4, -0.2) is 33.0 Å². The number of carbonyl (C=O) groups excluding carboxylic acids is 1. The van der Waals surface area contributed by atoms with E-state index in [4.69, 9.17) is 9.15 Å². The minimum Gasteiger partial charge on any atom is -0.497 e. The lowest BCUT2D eigenvalue weighted by Gasteiger charge is -2.25. The summed E-state index contributed by atoms with van der Waals surface area (Å²) in [4.78, 5) is 12.7. The van der Waals surface area contributed by atoms with Gasteiger partial charge in [-0.25, -0.2) is 0 Å². The van der Waals surface area contributed by atoms with Crippen LogP contribution < -0.4 is 10.1 Å². The van der Waals surface area contributed by atoms with E-state index in [1.165, 1.54) is 31.0 Å². The average molecular weight is 441 g/mol. The zero-order chi connectivity index (χ0) is 21.6. The second-order valence-electron chi connectivity index (χ2n) is 7.77. The van der Waals surface area contributed by atoms with Gasteiger partial charge in [-0.3, -0.25) is 9.36 Å². The number of hydrogen-bond acceptors (Lipinski definition) is 6. The number of benzene rings is 1. The number of nitrogens with one attached hydrogen (secondary N) is 1. The Kier molecular flexibility index (Phi) is 6.96. The van der Waals surface area contributed by atoms with Crippen LogP contribution >= 0.6 is 11.8 Å². The molecule has 1 unspecified atom stereocenters. The molecule has 7 nitrogen and oxygen atoms in total. The van der Waals surface area contributed by atoms with Crippen molar-refractivity contribution in [3.8, 4) is 17.3 Å². The summed E-state index contributed by atoms with van der Waals surface area (Å²) in [6, 6.07) is 11.8. The fourth-order valence-corrected chi connectivity index (χ4v) is 4.83. The summed E-state index contributed by atoms with van der Waals surface area (Å²) in [5.74, 6) is 2.22. The van der Waals surface area contributed by atoms with Crippen molar-refractivity contribution in [2.45, 2.75) is 62.0 Å². The normalized spacial score (nSPS) is 15.5. The van der Waals surface area contributed by atoms with Crippen molar-refractivity contribution >= 4 is 17.7 Å². The molecule has 1 saturated carbocycles. The SMILES string of the molecule is COc1ccc(CNC(=O)C(C)Sc2nnc(-c3ccco3)n2C2CCCCC2)cc1. The van der Waals surface area contributed by atoms with Gasteiger partial charge in [-0.15, -0.1) is 10.2 Å². The standard InChI is InChI=1S/C23H28N4O3S/c1-16(22(28)24-15-17-10-12-19(29-2)13-11-17)31-23-26-25-21(20-9-6-14-30-20)27(23)18-7-4-3-5-8-18/h6,9-14,16,18H,3-5,7-8,15H2,1-2H3,(H,24,28). The third-order valence-corrected chi connectivity index (χ3v) is 6.68. The highest BCUT2D eigenvalue weighted by atomic mass is 32.2. The lowest BCUT2D eigenvalue weighted by Crippen LogP contribution is -2.30. The van der Waals surface area contributed by atoms with Crippen molar-refractivity contribution < 1.29 is 13.9 Å². The molecule has 1 amide bonds. The van der Waals surface area contributed by atoms with Crippen LogP contribution in [0.2, 0.25) is 0 Å². The van der Waals surface area contributed by atoms with Crippen LogP contribution in [0.5, 0.6) is 5.75 Å². The summed E-state index contributed by atoms with van der Waals surface area (Å²) in [5.41, 5.74) is 1.02. The summed E-state index contributed by atoms with van der Waals surface area (Å²) in [6.45, 7) is 2.38. The number of methoxy groups -OCH3 is 1. The second-order valence-corrected chi connectivity index (χ2v) is 9.08. The Morgan fingerprint density at radius 3 is 2.68 bits per heavy atom. The van der Waals surface area contributed by atoms with Gasteiger partial charge in [-0.1, -0.05) is 43.2 Å². The van der Waals surface area contributed by atoms with Crippen molar-refractivity contribution in [1.82, 2.24) is 20.1 Å². The van der Waals surface area contributed by atoms with Crippen LogP contribution in [-0.2, 0) is 11.3 Å². The van der Waals surface area contributed by atoms with E-state index in [9.17, 15) is 4.79 Å². The van der Waals surface area contributed by atoms with Gasteiger partial charge in [0.15, 0.2) is 10.9 Å². The van der Waals surface area contributed by atoms with Crippen LogP contribution in [0.4, 0.5) is 0 Å². The Balaban J connectivity index is 1.45. The Labute approximate surface area is 186 Å². The van der Waals surface area contributed by atoms with Crippen LogP contribution in [0.15, 0.2) is 52.2 Å². The molecule has 3 aromatic rings. The molecule has 0 aliphatic heterocycles. The van der Waals surface area contributed by atoms with E-state index in [0.29, 0.717) is 18.3 Å². The van der Waals surface area contributed by atoms with Crippen molar-refractivity contribution in [3.05, 3.63) is 48.2 Å². The molecule has 2 aromatic heterocycles. The van der Waals surface area contributed by atoms with Gasteiger partial charge in [-0.05, 0) is 49.6 Å². The van der Waals surface area contributed by atoms with Gasteiger partial charge in [0.2, 0.25) is 11.7 Å². The first-order valence-electron chi connectivity index (χ1n) is 10.7. The maximum Gasteiger partial charge on any atom is 0.233 e. The highest BCUT2D eigenvalue weighted by Gasteiger charge is 2.27. The van der Waals surface area contributed by atoms with Gasteiger partial charge in [0, 0.05) is 12.6 Å². The van der Waals surface area contributed by atoms with Crippen LogP contribution in [0, 0.1) is 0 Å². The minimum absolute atomic E-state index is 0.0291. The third kappa shape index (κ3) is 5.12. The van der Waals surface area contributed by atoms with Gasteiger partial charge >= 0.3 is 0 Å². The van der Waals surface area contributed by atoms with E-state index < -0.39 is 0 Å². The smallest absolute Gasteiger partial charge is 0.233 e. The van der Waals surface area contributed by atoms with E-state index in [1.54, 1.807) is 13.4 Å². The minimum atomic E-state index is -0.297. The zero-order valence-corrected chi connectivity index (χ0v) is 18.7. The summed E-state index contributed by atoms with van der Waals surface area (Å²) >= 11 is 1.45. The Hall–Kier alpha value is -2.74. The number of hydrogen-bond donors (Lipinski definition) is 1. The maximum absolute atomic E-state index is 12.7. The first kappa shape index (κ1) is 21.5. The van der Waals surface area contributed by atoms with Crippen LogP contribution in [0.1, 0.15) is 50.6 Å². The van der Waals surface area contributed by atoms with E-state index in [1.807, 2.05) is 43.3 Å². The predicted octanol–water partition coefficient (Wildman–Crippen LogP) is 4.85. The molecule has 164 valence electrons. The van der Waals surface area contributed by atoms with Crippen molar-refractivity contribution in [1.29, 1.82) is 0 Å². The number of nitrogens with zero attached hydrogens (tertiary/aromatic N) is 3. The maximum atomic E-state index is 12.7. The van der Waals surface area contributed by atoms with E-state index in [0.717, 1.165) is 35.1 Å². The Morgan fingerprint density at radius 1 is 1.23 bits per heavy atom. The molecule has 1 fully saturated rings. The molecule has 2 heterocycles. The first-order valence-corrected chi connectivity index (χ1v) is 11.6. The topological polar surface area (TPSA) is 82.2 Å². The quantitative estimate of drug-likeness (QED) is 0.504. The summed E-state index contributed by atoms with van der Waals surface area (Å²) in [7, 11) is 1.64. The Morgan fingerprint density at radius 2 is 2.00 bits per heavy atom. The zero-order valence-electron chi connectivity index (χ0n) is 17.9. The number of rotatable bonds is 8. The molecular formula is C23H28N4O3S. The van der Waals surface area contributed by atoms with Crippen molar-refractivity contribution in [2.24, 2.45) is 0 Å². The lowest BCUT2D eigenvalue weighted by atomic mass is 9.95. The van der Waals surface area contributed by atoms with Crippen LogP contribution in [0.3, 0.4) is 0 Å². The van der Waals surface area contributed by atoms with Gasteiger partial charge in [0.05, 0.1) is 18.6 Å². The highest BCUT2D eigenvalue weighted by molar-refractivity contribution is 8.00.